The molecule has 0 aliphatic carbocycles. The molecule has 3 nitrogen and oxygen atoms in total. The van der Waals surface area contributed by atoms with Crippen molar-refractivity contribution < 1.29 is 4.74 Å². The summed E-state index contributed by atoms with van der Waals surface area (Å²) >= 11 is 0. The van der Waals surface area contributed by atoms with Gasteiger partial charge in [0, 0.05) is 12.1 Å². The van der Waals surface area contributed by atoms with Crippen LogP contribution in [0, 0.1) is 12.8 Å². The molecule has 1 N–H and O–H groups in total. The topological polar surface area (TPSA) is 24.5 Å². The molecule has 1 aliphatic rings. The Balaban J connectivity index is 0.00000220. The average molecular weight is 313 g/mol. The fraction of sp³-hybridized carbons (Fsp3) is 0.647. The second-order valence-electron chi connectivity index (χ2n) is 5.93. The first-order valence-electron chi connectivity index (χ1n) is 7.73. The summed E-state index contributed by atoms with van der Waals surface area (Å²) in [5, 5.41) is 3.26. The van der Waals surface area contributed by atoms with Crippen molar-refractivity contribution in [2.75, 3.05) is 33.8 Å². The second kappa shape index (κ2) is 9.29. The summed E-state index contributed by atoms with van der Waals surface area (Å²) in [5.41, 5.74) is 2.63. The third-order valence-electron chi connectivity index (χ3n) is 4.34. The molecule has 1 aliphatic heterocycles. The van der Waals surface area contributed by atoms with Gasteiger partial charge in [0.25, 0.3) is 0 Å². The van der Waals surface area contributed by atoms with Crippen molar-refractivity contribution in [3.63, 3.8) is 0 Å². The summed E-state index contributed by atoms with van der Waals surface area (Å²) in [5.74, 6) is 1.92. The van der Waals surface area contributed by atoms with Crippen LogP contribution in [0.1, 0.15) is 30.4 Å². The number of likely N-dealkylation sites (tertiary alicyclic amines) is 1. The first-order chi connectivity index (χ1) is 9.72. The lowest BCUT2D eigenvalue weighted by molar-refractivity contribution is 0.171. The monoisotopic (exact) mass is 312 g/mol. The van der Waals surface area contributed by atoms with E-state index in [1.54, 1.807) is 7.11 Å². The van der Waals surface area contributed by atoms with Crippen LogP contribution in [-0.2, 0) is 6.54 Å². The van der Waals surface area contributed by atoms with Crippen molar-refractivity contribution >= 4 is 12.4 Å². The molecule has 2 rings (SSSR count). The van der Waals surface area contributed by atoms with Crippen molar-refractivity contribution in [3.8, 4) is 5.75 Å². The number of methoxy groups -OCH3 is 1. The summed E-state index contributed by atoms with van der Waals surface area (Å²) in [6.45, 7) is 6.74. The van der Waals surface area contributed by atoms with E-state index in [9.17, 15) is 0 Å². The number of halogens is 1. The van der Waals surface area contributed by atoms with Gasteiger partial charge in [-0.1, -0.05) is 17.7 Å². The van der Waals surface area contributed by atoms with Crippen LogP contribution in [0.5, 0.6) is 5.75 Å². The highest BCUT2D eigenvalue weighted by atomic mass is 35.5. The number of ether oxygens (including phenoxy) is 1. The molecule has 0 unspecified atom stereocenters. The van der Waals surface area contributed by atoms with Crippen molar-refractivity contribution in [2.24, 2.45) is 5.92 Å². The van der Waals surface area contributed by atoms with E-state index in [0.717, 1.165) is 24.8 Å². The summed E-state index contributed by atoms with van der Waals surface area (Å²) in [4.78, 5) is 2.56. The molecular weight excluding hydrogens is 284 g/mol. The van der Waals surface area contributed by atoms with Crippen LogP contribution >= 0.6 is 12.4 Å². The van der Waals surface area contributed by atoms with Crippen LogP contribution in [0.4, 0.5) is 0 Å². The van der Waals surface area contributed by atoms with E-state index in [4.69, 9.17) is 4.74 Å². The van der Waals surface area contributed by atoms with E-state index < -0.39 is 0 Å². The van der Waals surface area contributed by atoms with Crippen LogP contribution in [-0.4, -0.2) is 38.7 Å². The van der Waals surface area contributed by atoms with Gasteiger partial charge >= 0.3 is 0 Å². The summed E-state index contributed by atoms with van der Waals surface area (Å²) in [6, 6.07) is 6.46. The van der Waals surface area contributed by atoms with E-state index >= 15 is 0 Å². The number of benzene rings is 1. The van der Waals surface area contributed by atoms with Crippen LogP contribution in [0.2, 0.25) is 0 Å². The zero-order valence-electron chi connectivity index (χ0n) is 13.5. The predicted octanol–water partition coefficient (Wildman–Crippen LogP) is 3.25. The van der Waals surface area contributed by atoms with E-state index in [-0.39, 0.29) is 12.4 Å². The lowest BCUT2D eigenvalue weighted by Gasteiger charge is -2.32. The summed E-state index contributed by atoms with van der Waals surface area (Å²) < 4.78 is 5.48. The fourth-order valence-electron chi connectivity index (χ4n) is 3.05. The van der Waals surface area contributed by atoms with Gasteiger partial charge in [-0.2, -0.15) is 0 Å². The lowest BCUT2D eigenvalue weighted by atomic mass is 9.93. The smallest absolute Gasteiger partial charge is 0.123 e. The fourth-order valence-corrected chi connectivity index (χ4v) is 3.05. The molecule has 120 valence electrons. The van der Waals surface area contributed by atoms with Gasteiger partial charge in [0.1, 0.15) is 5.75 Å². The molecule has 21 heavy (non-hydrogen) atoms. The van der Waals surface area contributed by atoms with Crippen molar-refractivity contribution in [2.45, 2.75) is 32.7 Å². The standard InChI is InChI=1S/C17H28N2O.ClH/c1-14-4-5-17(20-3)16(12-14)13-19-10-7-15(8-11-19)6-9-18-2;/h4-5,12,15,18H,6-11,13H2,1-3H3;1H. The van der Waals surface area contributed by atoms with Crippen LogP contribution < -0.4 is 10.1 Å². The Morgan fingerprint density at radius 1 is 1.29 bits per heavy atom. The Morgan fingerprint density at radius 2 is 2.00 bits per heavy atom. The van der Waals surface area contributed by atoms with Gasteiger partial charge in [0.15, 0.2) is 0 Å². The molecule has 1 heterocycles. The Labute approximate surface area is 135 Å². The van der Waals surface area contributed by atoms with E-state index in [1.165, 1.54) is 43.5 Å². The molecule has 0 aromatic heterocycles. The van der Waals surface area contributed by atoms with Gasteiger partial charge in [-0.05, 0) is 64.9 Å². The Bertz CT molecular complexity index is 417. The van der Waals surface area contributed by atoms with Crippen LogP contribution in [0.3, 0.4) is 0 Å². The number of hydrogen-bond donors (Lipinski definition) is 1. The number of rotatable bonds is 6. The Kier molecular flexibility index (Phi) is 8.09. The SMILES string of the molecule is CNCCC1CCN(Cc2cc(C)ccc2OC)CC1.Cl. The van der Waals surface area contributed by atoms with Gasteiger partial charge in [-0.3, -0.25) is 4.90 Å². The Morgan fingerprint density at radius 3 is 2.62 bits per heavy atom. The van der Waals surface area contributed by atoms with E-state index in [0.29, 0.717) is 0 Å². The molecular formula is C17H29ClN2O. The molecule has 0 saturated carbocycles. The molecule has 0 bridgehead atoms. The van der Waals surface area contributed by atoms with E-state index in [1.807, 2.05) is 7.05 Å². The zero-order chi connectivity index (χ0) is 14.4. The highest BCUT2D eigenvalue weighted by molar-refractivity contribution is 5.85. The van der Waals surface area contributed by atoms with Gasteiger partial charge < -0.3 is 10.1 Å². The minimum Gasteiger partial charge on any atom is -0.496 e. The van der Waals surface area contributed by atoms with Crippen LogP contribution in [0.15, 0.2) is 18.2 Å². The molecule has 1 fully saturated rings. The second-order valence-corrected chi connectivity index (χ2v) is 5.93. The summed E-state index contributed by atoms with van der Waals surface area (Å²) in [6.07, 6.45) is 3.98. The number of piperidine rings is 1. The first-order valence-corrected chi connectivity index (χ1v) is 7.73. The predicted molar refractivity (Wildman–Crippen MR) is 91.5 cm³/mol. The van der Waals surface area contributed by atoms with Gasteiger partial charge in [0.05, 0.1) is 7.11 Å². The first kappa shape index (κ1) is 18.3. The highest BCUT2D eigenvalue weighted by Gasteiger charge is 2.19. The zero-order valence-corrected chi connectivity index (χ0v) is 14.3. The molecule has 4 heteroatoms. The van der Waals surface area contributed by atoms with Crippen molar-refractivity contribution in [3.05, 3.63) is 29.3 Å². The molecule has 0 spiro atoms. The number of nitrogens with zero attached hydrogens (tertiary/aromatic N) is 1. The van der Waals surface area contributed by atoms with Gasteiger partial charge in [-0.15, -0.1) is 12.4 Å². The largest absolute Gasteiger partial charge is 0.496 e. The van der Waals surface area contributed by atoms with Crippen LogP contribution in [0.25, 0.3) is 0 Å². The third-order valence-corrected chi connectivity index (χ3v) is 4.34. The number of hydrogen-bond acceptors (Lipinski definition) is 3. The maximum Gasteiger partial charge on any atom is 0.123 e. The summed E-state index contributed by atoms with van der Waals surface area (Å²) in [7, 11) is 3.80. The molecule has 0 atom stereocenters. The van der Waals surface area contributed by atoms with Crippen molar-refractivity contribution in [1.82, 2.24) is 10.2 Å². The highest BCUT2D eigenvalue weighted by Crippen LogP contribution is 2.25. The minimum absolute atomic E-state index is 0. The molecule has 0 radical (unpaired) electrons. The normalized spacial score (nSPS) is 16.5. The molecule has 0 amide bonds. The lowest BCUT2D eigenvalue weighted by Crippen LogP contribution is -2.34. The number of aryl methyl sites for hydroxylation is 1. The van der Waals surface area contributed by atoms with Gasteiger partial charge in [0.2, 0.25) is 0 Å². The number of nitrogens with one attached hydrogen (secondary N) is 1. The van der Waals surface area contributed by atoms with Gasteiger partial charge in [-0.25, -0.2) is 0 Å². The molecule has 1 saturated heterocycles. The third kappa shape index (κ3) is 5.50. The van der Waals surface area contributed by atoms with Crippen molar-refractivity contribution in [1.29, 1.82) is 0 Å². The molecule has 1 aromatic carbocycles. The Hall–Kier alpha value is -0.770. The molecule has 1 aromatic rings. The minimum atomic E-state index is 0. The maximum atomic E-state index is 5.48. The quantitative estimate of drug-likeness (QED) is 0.872. The van der Waals surface area contributed by atoms with E-state index in [2.05, 4.69) is 35.3 Å². The maximum absolute atomic E-state index is 5.48. The average Bonchev–Trinajstić information content (AvgIpc) is 2.47.